The van der Waals surface area contributed by atoms with Gasteiger partial charge in [-0.15, -0.1) is 0 Å². The molecule has 1 fully saturated rings. The number of halogens is 1. The van der Waals surface area contributed by atoms with Gasteiger partial charge in [0.05, 0.1) is 12.7 Å². The van der Waals surface area contributed by atoms with Gasteiger partial charge >= 0.3 is 0 Å². The molecule has 0 unspecified atom stereocenters. The SMILES string of the molecule is CC(C)(CBr)[C@@H]1[C@H](OCc2ccccc2)CN1C(C)(C)C. The fraction of sp³-hybridized carbons (Fsp3) is 0.667. The van der Waals surface area contributed by atoms with E-state index in [1.807, 2.05) is 6.07 Å². The topological polar surface area (TPSA) is 12.5 Å². The van der Waals surface area contributed by atoms with Gasteiger partial charge in [-0.3, -0.25) is 4.90 Å². The van der Waals surface area contributed by atoms with Crippen LogP contribution in [0.2, 0.25) is 0 Å². The second-order valence-corrected chi connectivity index (χ2v) is 8.29. The third-order valence-corrected chi connectivity index (χ3v) is 5.82. The van der Waals surface area contributed by atoms with Gasteiger partial charge in [0.25, 0.3) is 0 Å². The molecule has 0 bridgehead atoms. The maximum absolute atomic E-state index is 6.23. The van der Waals surface area contributed by atoms with Crippen LogP contribution in [0.25, 0.3) is 0 Å². The highest BCUT2D eigenvalue weighted by Crippen LogP contribution is 2.41. The summed E-state index contributed by atoms with van der Waals surface area (Å²) in [5, 5.41) is 0.989. The lowest BCUT2D eigenvalue weighted by atomic mass is 9.74. The highest BCUT2D eigenvalue weighted by atomic mass is 79.9. The summed E-state index contributed by atoms with van der Waals surface area (Å²) in [6.45, 7) is 13.2. The van der Waals surface area contributed by atoms with E-state index in [1.54, 1.807) is 0 Å². The number of hydrogen-bond acceptors (Lipinski definition) is 2. The van der Waals surface area contributed by atoms with Crippen molar-refractivity contribution >= 4 is 15.9 Å². The van der Waals surface area contributed by atoms with Crippen molar-refractivity contribution in [3.05, 3.63) is 35.9 Å². The standard InChI is InChI=1S/C18H28BrNO/c1-17(2,3)20-11-15(16(20)18(4,5)13-19)21-12-14-9-7-6-8-10-14/h6-10,15-16H,11-13H2,1-5H3/t15-,16+/m1/s1. The van der Waals surface area contributed by atoms with Crippen molar-refractivity contribution in [2.75, 3.05) is 11.9 Å². The first-order chi connectivity index (χ1) is 9.75. The average molecular weight is 354 g/mol. The Morgan fingerprint density at radius 1 is 1.14 bits per heavy atom. The Hall–Kier alpha value is -0.380. The van der Waals surface area contributed by atoms with Crippen LogP contribution >= 0.6 is 15.9 Å². The lowest BCUT2D eigenvalue weighted by Crippen LogP contribution is -2.71. The number of hydrogen-bond donors (Lipinski definition) is 0. The van der Waals surface area contributed by atoms with Crippen LogP contribution in [0.3, 0.4) is 0 Å². The van der Waals surface area contributed by atoms with E-state index >= 15 is 0 Å². The van der Waals surface area contributed by atoms with Crippen molar-refractivity contribution in [1.82, 2.24) is 4.90 Å². The predicted molar refractivity (Wildman–Crippen MR) is 92.8 cm³/mol. The molecule has 1 saturated heterocycles. The first kappa shape index (κ1) is 17.0. The molecule has 1 aliphatic heterocycles. The fourth-order valence-electron chi connectivity index (χ4n) is 3.09. The normalized spacial score (nSPS) is 23.9. The summed E-state index contributed by atoms with van der Waals surface area (Å²) in [7, 11) is 0. The molecule has 1 aromatic rings. The van der Waals surface area contributed by atoms with E-state index in [0.717, 1.165) is 11.9 Å². The molecule has 0 radical (unpaired) electrons. The van der Waals surface area contributed by atoms with E-state index in [0.29, 0.717) is 18.8 Å². The molecular weight excluding hydrogens is 326 g/mol. The second kappa shape index (κ2) is 6.39. The molecule has 0 aromatic heterocycles. The van der Waals surface area contributed by atoms with Crippen molar-refractivity contribution in [1.29, 1.82) is 0 Å². The largest absolute Gasteiger partial charge is 0.371 e. The molecule has 0 saturated carbocycles. The number of rotatable bonds is 5. The van der Waals surface area contributed by atoms with Gasteiger partial charge in [0.15, 0.2) is 0 Å². The van der Waals surface area contributed by atoms with Gasteiger partial charge in [0, 0.05) is 23.5 Å². The Morgan fingerprint density at radius 3 is 2.29 bits per heavy atom. The molecule has 2 rings (SSSR count). The lowest BCUT2D eigenvalue weighted by molar-refractivity contribution is -0.175. The van der Waals surface area contributed by atoms with E-state index in [9.17, 15) is 0 Å². The van der Waals surface area contributed by atoms with Gasteiger partial charge in [0.2, 0.25) is 0 Å². The molecule has 0 amide bonds. The summed E-state index contributed by atoms with van der Waals surface area (Å²) in [6, 6.07) is 10.9. The smallest absolute Gasteiger partial charge is 0.0867 e. The summed E-state index contributed by atoms with van der Waals surface area (Å²) in [6.07, 6.45) is 0.317. The average Bonchev–Trinajstić information content (AvgIpc) is 2.36. The van der Waals surface area contributed by atoms with Crippen LogP contribution in [0.1, 0.15) is 40.2 Å². The highest BCUT2D eigenvalue weighted by Gasteiger charge is 2.51. The molecule has 2 atom stereocenters. The first-order valence-electron chi connectivity index (χ1n) is 7.74. The summed E-state index contributed by atoms with van der Waals surface area (Å²) >= 11 is 3.68. The molecular formula is C18H28BrNO. The van der Waals surface area contributed by atoms with Gasteiger partial charge in [0.1, 0.15) is 0 Å². The third-order valence-electron chi connectivity index (χ3n) is 4.38. The zero-order valence-electron chi connectivity index (χ0n) is 13.9. The third kappa shape index (κ3) is 3.88. The van der Waals surface area contributed by atoms with E-state index in [4.69, 9.17) is 4.74 Å². The fourth-order valence-corrected chi connectivity index (χ4v) is 3.42. The van der Waals surface area contributed by atoms with Crippen LogP contribution in [-0.2, 0) is 11.3 Å². The molecule has 0 N–H and O–H groups in total. The van der Waals surface area contributed by atoms with E-state index in [1.165, 1.54) is 5.56 Å². The summed E-state index contributed by atoms with van der Waals surface area (Å²) in [4.78, 5) is 2.57. The molecule has 1 aliphatic rings. The van der Waals surface area contributed by atoms with Crippen molar-refractivity contribution in [2.45, 2.75) is 58.9 Å². The summed E-state index contributed by atoms with van der Waals surface area (Å²) < 4.78 is 6.23. The Labute approximate surface area is 138 Å². The Kier molecular flexibility index (Phi) is 5.17. The molecule has 21 heavy (non-hydrogen) atoms. The molecule has 118 valence electrons. The minimum atomic E-state index is 0.191. The number of ether oxygens (including phenoxy) is 1. The Morgan fingerprint density at radius 2 is 1.76 bits per heavy atom. The van der Waals surface area contributed by atoms with Crippen LogP contribution < -0.4 is 0 Å². The van der Waals surface area contributed by atoms with Crippen LogP contribution in [0.5, 0.6) is 0 Å². The van der Waals surface area contributed by atoms with E-state index in [-0.39, 0.29) is 11.0 Å². The quantitative estimate of drug-likeness (QED) is 0.723. The molecule has 3 heteroatoms. The predicted octanol–water partition coefficient (Wildman–Crippen LogP) is 4.48. The van der Waals surface area contributed by atoms with Crippen LogP contribution in [0.15, 0.2) is 30.3 Å². The lowest BCUT2D eigenvalue weighted by Gasteiger charge is -2.59. The van der Waals surface area contributed by atoms with Crippen molar-refractivity contribution < 1.29 is 4.74 Å². The zero-order chi connectivity index (χ0) is 15.7. The molecule has 1 heterocycles. The second-order valence-electron chi connectivity index (χ2n) is 7.73. The first-order valence-corrected chi connectivity index (χ1v) is 8.86. The molecule has 1 aromatic carbocycles. The van der Waals surface area contributed by atoms with Gasteiger partial charge < -0.3 is 4.74 Å². The van der Waals surface area contributed by atoms with E-state index < -0.39 is 0 Å². The van der Waals surface area contributed by atoms with Crippen molar-refractivity contribution in [2.24, 2.45) is 5.41 Å². The number of nitrogens with zero attached hydrogens (tertiary/aromatic N) is 1. The van der Waals surface area contributed by atoms with Gasteiger partial charge in [-0.1, -0.05) is 60.1 Å². The summed E-state index contributed by atoms with van der Waals surface area (Å²) in [5.41, 5.74) is 1.64. The maximum atomic E-state index is 6.23. The minimum Gasteiger partial charge on any atom is -0.371 e. The number of alkyl halides is 1. The highest BCUT2D eigenvalue weighted by molar-refractivity contribution is 9.09. The minimum absolute atomic E-state index is 0.191. The Balaban J connectivity index is 2.03. The number of benzene rings is 1. The summed E-state index contributed by atoms with van der Waals surface area (Å²) in [5.74, 6) is 0. The van der Waals surface area contributed by atoms with Crippen molar-refractivity contribution in [3.63, 3.8) is 0 Å². The van der Waals surface area contributed by atoms with Crippen molar-refractivity contribution in [3.8, 4) is 0 Å². The molecule has 2 nitrogen and oxygen atoms in total. The molecule has 0 spiro atoms. The zero-order valence-corrected chi connectivity index (χ0v) is 15.5. The van der Waals surface area contributed by atoms with Crippen LogP contribution in [0.4, 0.5) is 0 Å². The molecule has 0 aliphatic carbocycles. The van der Waals surface area contributed by atoms with Crippen LogP contribution in [-0.4, -0.2) is 34.5 Å². The van der Waals surface area contributed by atoms with E-state index in [2.05, 4.69) is 79.7 Å². The van der Waals surface area contributed by atoms with Gasteiger partial charge in [-0.05, 0) is 31.7 Å². The monoisotopic (exact) mass is 353 g/mol. The van der Waals surface area contributed by atoms with Crippen LogP contribution in [0, 0.1) is 5.41 Å². The van der Waals surface area contributed by atoms with Gasteiger partial charge in [-0.2, -0.15) is 0 Å². The maximum Gasteiger partial charge on any atom is 0.0867 e. The number of likely N-dealkylation sites (tertiary alicyclic amines) is 1. The Bertz CT molecular complexity index is 452. The van der Waals surface area contributed by atoms with Gasteiger partial charge in [-0.25, -0.2) is 0 Å².